The van der Waals surface area contributed by atoms with Gasteiger partial charge in [-0.05, 0) is 43.7 Å². The van der Waals surface area contributed by atoms with Gasteiger partial charge in [-0.1, -0.05) is 48.5 Å². The molecule has 8 nitrogen and oxygen atoms in total. The first-order chi connectivity index (χ1) is 17.3. The summed E-state index contributed by atoms with van der Waals surface area (Å²) in [6.45, 7) is 3.46. The van der Waals surface area contributed by atoms with Gasteiger partial charge < -0.3 is 20.3 Å². The number of phenols is 1. The van der Waals surface area contributed by atoms with Gasteiger partial charge in [0.2, 0.25) is 5.91 Å². The highest BCUT2D eigenvalue weighted by Gasteiger charge is 2.47. The van der Waals surface area contributed by atoms with Gasteiger partial charge in [-0.3, -0.25) is 9.69 Å². The number of para-hydroxylation sites is 1. The summed E-state index contributed by atoms with van der Waals surface area (Å²) in [6, 6.07) is 21.9. The standard InChI is InChI=1S/C28H26N2O6/c1-3-36-28(35)23-17(2)30(20-14-15-21(27(33)34)22(31)16-20)26(32)24(23)25(18-10-6-4-7-11-18)29-19-12-8-5-9-13-19/h4-16,24-25,29,31H,3H2,1-2H3,(H,33,34). The minimum Gasteiger partial charge on any atom is -0.507 e. The normalized spacial score (nSPS) is 16.1. The molecule has 0 aromatic heterocycles. The Hall–Kier alpha value is -4.59. The summed E-state index contributed by atoms with van der Waals surface area (Å²) in [6.07, 6.45) is 0. The van der Waals surface area contributed by atoms with Crippen molar-refractivity contribution >= 4 is 29.2 Å². The van der Waals surface area contributed by atoms with Crippen molar-refractivity contribution in [1.29, 1.82) is 0 Å². The maximum absolute atomic E-state index is 14.0. The maximum atomic E-state index is 14.0. The average molecular weight is 487 g/mol. The molecule has 3 aromatic rings. The van der Waals surface area contributed by atoms with E-state index in [2.05, 4.69) is 5.32 Å². The fourth-order valence-corrected chi connectivity index (χ4v) is 4.46. The predicted molar refractivity (Wildman–Crippen MR) is 135 cm³/mol. The number of nitrogens with one attached hydrogen (secondary N) is 1. The van der Waals surface area contributed by atoms with E-state index in [-0.39, 0.29) is 23.4 Å². The van der Waals surface area contributed by atoms with E-state index in [0.717, 1.165) is 11.3 Å². The minimum atomic E-state index is -1.29. The largest absolute Gasteiger partial charge is 0.507 e. The Morgan fingerprint density at radius 1 is 1.03 bits per heavy atom. The Kier molecular flexibility index (Phi) is 7.05. The number of esters is 1. The Morgan fingerprint density at radius 2 is 1.67 bits per heavy atom. The molecule has 0 fully saturated rings. The lowest BCUT2D eigenvalue weighted by Crippen LogP contribution is -2.34. The molecule has 0 bridgehead atoms. The first-order valence-electron chi connectivity index (χ1n) is 11.5. The van der Waals surface area contributed by atoms with Gasteiger partial charge in [-0.25, -0.2) is 9.59 Å². The van der Waals surface area contributed by atoms with Crippen molar-refractivity contribution in [3.63, 3.8) is 0 Å². The molecule has 3 aromatic carbocycles. The molecule has 2 atom stereocenters. The molecule has 1 heterocycles. The first kappa shape index (κ1) is 24.5. The summed E-state index contributed by atoms with van der Waals surface area (Å²) >= 11 is 0. The quantitative estimate of drug-likeness (QED) is 0.394. The van der Waals surface area contributed by atoms with Crippen LogP contribution in [-0.2, 0) is 14.3 Å². The molecule has 8 heteroatoms. The molecular formula is C28H26N2O6. The van der Waals surface area contributed by atoms with E-state index in [1.165, 1.54) is 23.1 Å². The van der Waals surface area contributed by atoms with Crippen LogP contribution < -0.4 is 10.2 Å². The predicted octanol–water partition coefficient (Wildman–Crippen LogP) is 4.74. The van der Waals surface area contributed by atoms with Crippen LogP contribution >= 0.6 is 0 Å². The van der Waals surface area contributed by atoms with Crippen LogP contribution in [0.1, 0.15) is 35.8 Å². The lowest BCUT2D eigenvalue weighted by atomic mass is 9.87. The number of ether oxygens (including phenoxy) is 1. The fourth-order valence-electron chi connectivity index (χ4n) is 4.46. The van der Waals surface area contributed by atoms with E-state index in [9.17, 15) is 24.6 Å². The first-order valence-corrected chi connectivity index (χ1v) is 11.5. The van der Waals surface area contributed by atoms with Crippen LogP contribution in [0, 0.1) is 5.92 Å². The number of carbonyl (C=O) groups is 3. The number of benzene rings is 3. The third-order valence-corrected chi connectivity index (χ3v) is 6.08. The molecule has 0 spiro atoms. The van der Waals surface area contributed by atoms with Crippen molar-refractivity contribution < 1.29 is 29.3 Å². The maximum Gasteiger partial charge on any atom is 0.339 e. The topological polar surface area (TPSA) is 116 Å². The number of carboxylic acid groups (broad SMARTS) is 1. The second-order valence-electron chi connectivity index (χ2n) is 8.28. The molecule has 3 N–H and O–H groups in total. The number of anilines is 2. The molecule has 1 amide bonds. The average Bonchev–Trinajstić information content (AvgIpc) is 3.13. The molecule has 184 valence electrons. The number of amides is 1. The molecule has 36 heavy (non-hydrogen) atoms. The number of carboxylic acids is 1. The zero-order valence-electron chi connectivity index (χ0n) is 19.8. The molecule has 0 saturated heterocycles. The number of hydrogen-bond donors (Lipinski definition) is 3. The van der Waals surface area contributed by atoms with E-state index >= 15 is 0 Å². The van der Waals surface area contributed by atoms with Gasteiger partial charge in [-0.2, -0.15) is 0 Å². The fraction of sp³-hybridized carbons (Fsp3) is 0.179. The van der Waals surface area contributed by atoms with Gasteiger partial charge in [0.15, 0.2) is 0 Å². The third-order valence-electron chi connectivity index (χ3n) is 6.08. The van der Waals surface area contributed by atoms with Gasteiger partial charge in [0.25, 0.3) is 0 Å². The zero-order valence-corrected chi connectivity index (χ0v) is 19.8. The number of aromatic hydroxyl groups is 1. The molecule has 4 rings (SSSR count). The SMILES string of the molecule is CCOC(=O)C1=C(C)N(c2ccc(C(=O)O)c(O)c2)C(=O)C1C(Nc1ccccc1)c1ccccc1. The van der Waals surface area contributed by atoms with Crippen molar-refractivity contribution in [3.8, 4) is 5.75 Å². The van der Waals surface area contributed by atoms with Crippen LogP contribution in [0.5, 0.6) is 5.75 Å². The van der Waals surface area contributed by atoms with Gasteiger partial charge in [0, 0.05) is 17.5 Å². The van der Waals surface area contributed by atoms with Gasteiger partial charge in [-0.15, -0.1) is 0 Å². The Bertz CT molecular complexity index is 1320. The highest BCUT2D eigenvalue weighted by atomic mass is 16.5. The van der Waals surface area contributed by atoms with Gasteiger partial charge >= 0.3 is 11.9 Å². The van der Waals surface area contributed by atoms with E-state index in [1.54, 1.807) is 13.8 Å². The van der Waals surface area contributed by atoms with Crippen LogP contribution in [0.2, 0.25) is 0 Å². The number of carbonyl (C=O) groups excluding carboxylic acids is 2. The number of aromatic carboxylic acids is 1. The third kappa shape index (κ3) is 4.65. The Labute approximate surface area is 208 Å². The van der Waals surface area contributed by atoms with Crippen LogP contribution in [0.4, 0.5) is 11.4 Å². The monoisotopic (exact) mass is 486 g/mol. The Morgan fingerprint density at radius 3 is 2.25 bits per heavy atom. The van der Waals surface area contributed by atoms with Crippen LogP contribution in [0.15, 0.2) is 90.1 Å². The van der Waals surface area contributed by atoms with Gasteiger partial charge in [0.05, 0.1) is 29.8 Å². The van der Waals surface area contributed by atoms with Crippen molar-refractivity contribution in [1.82, 2.24) is 0 Å². The summed E-state index contributed by atoms with van der Waals surface area (Å²) in [4.78, 5) is 39.9. The molecule has 0 aliphatic carbocycles. The van der Waals surface area contributed by atoms with E-state index in [1.807, 2.05) is 60.7 Å². The summed E-state index contributed by atoms with van der Waals surface area (Å²) in [7, 11) is 0. The number of allylic oxidation sites excluding steroid dienone is 1. The van der Waals surface area contributed by atoms with E-state index in [0.29, 0.717) is 5.70 Å². The van der Waals surface area contributed by atoms with Crippen molar-refractivity contribution in [2.24, 2.45) is 5.92 Å². The molecule has 0 saturated carbocycles. The smallest absolute Gasteiger partial charge is 0.339 e. The lowest BCUT2D eigenvalue weighted by molar-refractivity contribution is -0.140. The van der Waals surface area contributed by atoms with E-state index in [4.69, 9.17) is 4.74 Å². The number of rotatable bonds is 8. The number of hydrogen-bond acceptors (Lipinski definition) is 6. The summed E-state index contributed by atoms with van der Waals surface area (Å²) in [5, 5.41) is 22.9. The molecule has 0 radical (unpaired) electrons. The lowest BCUT2D eigenvalue weighted by Gasteiger charge is -2.27. The number of nitrogens with zero attached hydrogens (tertiary/aromatic N) is 1. The van der Waals surface area contributed by atoms with Crippen LogP contribution in [0.25, 0.3) is 0 Å². The minimum absolute atomic E-state index is 0.132. The van der Waals surface area contributed by atoms with Crippen molar-refractivity contribution in [2.75, 3.05) is 16.8 Å². The molecule has 1 aliphatic heterocycles. The van der Waals surface area contributed by atoms with Crippen molar-refractivity contribution in [3.05, 3.63) is 101 Å². The van der Waals surface area contributed by atoms with Crippen LogP contribution in [-0.4, -0.2) is 34.7 Å². The second kappa shape index (κ2) is 10.4. The molecule has 1 aliphatic rings. The summed E-state index contributed by atoms with van der Waals surface area (Å²) in [5.74, 6) is -3.75. The molecular weight excluding hydrogens is 460 g/mol. The summed E-state index contributed by atoms with van der Waals surface area (Å²) < 4.78 is 5.34. The van der Waals surface area contributed by atoms with Crippen LogP contribution in [0.3, 0.4) is 0 Å². The second-order valence-corrected chi connectivity index (χ2v) is 8.28. The highest BCUT2D eigenvalue weighted by molar-refractivity contribution is 6.12. The van der Waals surface area contributed by atoms with E-state index < -0.39 is 35.6 Å². The molecule has 2 unspecified atom stereocenters. The zero-order chi connectivity index (χ0) is 25.8. The summed E-state index contributed by atoms with van der Waals surface area (Å²) in [5.41, 5.74) is 2.06. The Balaban J connectivity index is 1.85. The van der Waals surface area contributed by atoms with Gasteiger partial charge in [0.1, 0.15) is 11.3 Å². The highest BCUT2D eigenvalue weighted by Crippen LogP contribution is 2.43. The van der Waals surface area contributed by atoms with Crippen molar-refractivity contribution in [2.45, 2.75) is 19.9 Å².